The molecule has 0 heterocycles. The topological polar surface area (TPSA) is 84.5 Å². The monoisotopic (exact) mass is 380 g/mol. The van der Waals surface area contributed by atoms with E-state index in [1.165, 1.54) is 25.3 Å². The summed E-state index contributed by atoms with van der Waals surface area (Å²) in [5, 5.41) is 2.62. The van der Waals surface area contributed by atoms with E-state index in [1.54, 1.807) is 31.2 Å². The number of sulfonamides is 1. The largest absolute Gasteiger partial charge is 0.495 e. The van der Waals surface area contributed by atoms with Gasteiger partial charge in [0.25, 0.3) is 0 Å². The molecule has 6 nitrogen and oxygen atoms in total. The van der Waals surface area contributed by atoms with Crippen LogP contribution in [0.25, 0.3) is 0 Å². The van der Waals surface area contributed by atoms with E-state index >= 15 is 0 Å². The molecule has 0 aliphatic heterocycles. The summed E-state index contributed by atoms with van der Waals surface area (Å²) >= 11 is 0. The molecule has 0 radical (unpaired) electrons. The van der Waals surface area contributed by atoms with E-state index in [-0.39, 0.29) is 23.0 Å². The Kier molecular flexibility index (Phi) is 6.70. The molecule has 2 N–H and O–H groups in total. The third-order valence-electron chi connectivity index (χ3n) is 3.68. The maximum absolute atomic E-state index is 12.8. The van der Waals surface area contributed by atoms with E-state index < -0.39 is 15.9 Å². The Labute approximate surface area is 152 Å². The van der Waals surface area contributed by atoms with Crippen LogP contribution in [0.2, 0.25) is 0 Å². The smallest absolute Gasteiger partial charge is 0.244 e. The summed E-state index contributed by atoms with van der Waals surface area (Å²) in [6, 6.07) is 10.7. The minimum Gasteiger partial charge on any atom is -0.495 e. The fourth-order valence-electron chi connectivity index (χ4n) is 2.29. The molecule has 0 saturated heterocycles. The summed E-state index contributed by atoms with van der Waals surface area (Å²) in [5.41, 5.74) is 1.63. The fraction of sp³-hybridized carbons (Fsp3) is 0.278. The zero-order valence-electron chi connectivity index (χ0n) is 14.6. The van der Waals surface area contributed by atoms with Crippen LogP contribution in [-0.2, 0) is 21.2 Å². The summed E-state index contributed by atoms with van der Waals surface area (Å²) in [7, 11) is -2.50. The van der Waals surface area contributed by atoms with Gasteiger partial charge < -0.3 is 10.1 Å². The summed E-state index contributed by atoms with van der Waals surface area (Å²) in [5.74, 6) is -0.569. The molecule has 0 spiro atoms. The Balaban J connectivity index is 1.88. The van der Waals surface area contributed by atoms with Gasteiger partial charge in [-0.05, 0) is 48.7 Å². The molecule has 1 amide bonds. The first-order chi connectivity index (χ1) is 12.3. The summed E-state index contributed by atoms with van der Waals surface area (Å²) in [4.78, 5) is 11.8. The van der Waals surface area contributed by atoms with Crippen LogP contribution >= 0.6 is 0 Å². The lowest BCUT2D eigenvalue weighted by molar-refractivity contribution is -0.119. The van der Waals surface area contributed by atoms with Gasteiger partial charge in [0.1, 0.15) is 16.5 Å². The number of nitrogens with one attached hydrogen (secondary N) is 2. The Morgan fingerprint density at radius 3 is 2.50 bits per heavy atom. The number of rotatable bonds is 8. The van der Waals surface area contributed by atoms with Crippen LogP contribution in [0.15, 0.2) is 47.4 Å². The lowest BCUT2D eigenvalue weighted by atomic mass is 10.1. The molecule has 0 aliphatic carbocycles. The zero-order valence-corrected chi connectivity index (χ0v) is 15.4. The molecule has 8 heteroatoms. The quantitative estimate of drug-likeness (QED) is 0.731. The van der Waals surface area contributed by atoms with Gasteiger partial charge in [-0.1, -0.05) is 18.2 Å². The van der Waals surface area contributed by atoms with Gasteiger partial charge in [-0.25, -0.2) is 17.5 Å². The molecular weight excluding hydrogens is 359 g/mol. The summed E-state index contributed by atoms with van der Waals surface area (Å²) < 4.78 is 44.9. The number of amides is 1. The second-order valence-corrected chi connectivity index (χ2v) is 7.44. The normalized spacial score (nSPS) is 11.2. The maximum Gasteiger partial charge on any atom is 0.244 e. The molecule has 0 aliphatic rings. The van der Waals surface area contributed by atoms with Crippen molar-refractivity contribution in [2.75, 3.05) is 20.2 Å². The average Bonchev–Trinajstić information content (AvgIpc) is 2.62. The summed E-state index contributed by atoms with van der Waals surface area (Å²) in [6.07, 6.45) is 0.518. The molecule has 0 aromatic heterocycles. The van der Waals surface area contributed by atoms with Gasteiger partial charge in [-0.15, -0.1) is 0 Å². The lowest BCUT2D eigenvalue weighted by Crippen LogP contribution is -2.37. The van der Waals surface area contributed by atoms with Gasteiger partial charge in [0.2, 0.25) is 15.9 Å². The number of hydrogen-bond donors (Lipinski definition) is 2. The number of methoxy groups -OCH3 is 1. The van der Waals surface area contributed by atoms with Crippen molar-refractivity contribution >= 4 is 15.9 Å². The zero-order chi connectivity index (χ0) is 19.2. The Hall–Kier alpha value is -2.45. The molecule has 0 atom stereocenters. The number of carbonyl (C=O) groups excluding carboxylic acids is 1. The van der Waals surface area contributed by atoms with Crippen LogP contribution in [0.5, 0.6) is 5.75 Å². The van der Waals surface area contributed by atoms with Crippen molar-refractivity contribution in [1.29, 1.82) is 0 Å². The second-order valence-electron chi connectivity index (χ2n) is 5.71. The highest BCUT2D eigenvalue weighted by Gasteiger charge is 2.20. The predicted octanol–water partition coefficient (Wildman–Crippen LogP) is 1.78. The van der Waals surface area contributed by atoms with Crippen LogP contribution in [0.3, 0.4) is 0 Å². The van der Waals surface area contributed by atoms with Gasteiger partial charge >= 0.3 is 0 Å². The van der Waals surface area contributed by atoms with Gasteiger partial charge in [0, 0.05) is 6.54 Å². The first kappa shape index (κ1) is 19.9. The molecule has 2 rings (SSSR count). The third-order valence-corrected chi connectivity index (χ3v) is 5.10. The van der Waals surface area contributed by atoms with Crippen LogP contribution in [0, 0.1) is 12.7 Å². The molecular formula is C18H21FN2O4S. The lowest BCUT2D eigenvalue weighted by Gasteiger charge is -2.11. The first-order valence-electron chi connectivity index (χ1n) is 7.97. The van der Waals surface area contributed by atoms with E-state index in [0.29, 0.717) is 13.0 Å². The molecule has 0 saturated carbocycles. The van der Waals surface area contributed by atoms with E-state index in [2.05, 4.69) is 10.0 Å². The molecule has 140 valence electrons. The molecule has 0 fully saturated rings. The van der Waals surface area contributed by atoms with Crippen molar-refractivity contribution in [3.05, 3.63) is 59.4 Å². The van der Waals surface area contributed by atoms with Crippen LogP contribution in [-0.4, -0.2) is 34.5 Å². The van der Waals surface area contributed by atoms with Crippen LogP contribution < -0.4 is 14.8 Å². The minimum atomic E-state index is -3.88. The highest BCUT2D eigenvalue weighted by molar-refractivity contribution is 7.89. The summed E-state index contributed by atoms with van der Waals surface area (Å²) in [6.45, 7) is 1.70. The van der Waals surface area contributed by atoms with E-state index in [1.807, 2.05) is 0 Å². The molecule has 2 aromatic rings. The Morgan fingerprint density at radius 2 is 1.85 bits per heavy atom. The molecule has 0 unspecified atom stereocenters. The number of halogens is 1. The van der Waals surface area contributed by atoms with Crippen molar-refractivity contribution in [3.63, 3.8) is 0 Å². The fourth-order valence-corrected chi connectivity index (χ4v) is 3.53. The van der Waals surface area contributed by atoms with Crippen molar-refractivity contribution in [3.8, 4) is 5.75 Å². The van der Waals surface area contributed by atoms with E-state index in [0.717, 1.165) is 11.1 Å². The van der Waals surface area contributed by atoms with Crippen LogP contribution in [0.1, 0.15) is 11.1 Å². The molecule has 2 aromatic carbocycles. The SMILES string of the molecule is COc1ccc(C)cc1S(=O)(=O)NCC(=O)NCCc1ccc(F)cc1. The first-order valence-corrected chi connectivity index (χ1v) is 9.45. The molecule has 0 bridgehead atoms. The number of hydrogen-bond acceptors (Lipinski definition) is 4. The number of carbonyl (C=O) groups is 1. The van der Waals surface area contributed by atoms with Crippen molar-refractivity contribution < 1.29 is 22.3 Å². The number of benzene rings is 2. The standard InChI is InChI=1S/C18H21FN2O4S/c1-13-3-8-16(25-2)17(11-13)26(23,24)21-12-18(22)20-10-9-14-4-6-15(19)7-5-14/h3-8,11,21H,9-10,12H2,1-2H3,(H,20,22). The van der Waals surface area contributed by atoms with Gasteiger partial charge in [-0.3, -0.25) is 4.79 Å². The van der Waals surface area contributed by atoms with Crippen molar-refractivity contribution in [2.45, 2.75) is 18.2 Å². The van der Waals surface area contributed by atoms with Crippen molar-refractivity contribution in [1.82, 2.24) is 10.0 Å². The predicted molar refractivity (Wildman–Crippen MR) is 96.0 cm³/mol. The van der Waals surface area contributed by atoms with E-state index in [9.17, 15) is 17.6 Å². The number of ether oxygens (including phenoxy) is 1. The Bertz CT molecular complexity index is 867. The van der Waals surface area contributed by atoms with Gasteiger partial charge in [0.15, 0.2) is 0 Å². The number of aryl methyl sites for hydroxylation is 1. The van der Waals surface area contributed by atoms with Gasteiger partial charge in [-0.2, -0.15) is 0 Å². The third kappa shape index (κ3) is 5.53. The van der Waals surface area contributed by atoms with Crippen LogP contribution in [0.4, 0.5) is 4.39 Å². The second kappa shape index (κ2) is 8.77. The van der Waals surface area contributed by atoms with E-state index in [4.69, 9.17) is 4.74 Å². The molecule has 26 heavy (non-hydrogen) atoms. The maximum atomic E-state index is 12.8. The highest BCUT2D eigenvalue weighted by atomic mass is 32.2. The average molecular weight is 380 g/mol. The van der Waals surface area contributed by atoms with Gasteiger partial charge in [0.05, 0.1) is 13.7 Å². The van der Waals surface area contributed by atoms with Crippen molar-refractivity contribution in [2.24, 2.45) is 0 Å². The minimum absolute atomic E-state index is 0.0147. The Morgan fingerprint density at radius 1 is 1.15 bits per heavy atom. The highest BCUT2D eigenvalue weighted by Crippen LogP contribution is 2.24.